The van der Waals surface area contributed by atoms with Crippen LogP contribution < -0.4 is 20.1 Å². The zero-order chi connectivity index (χ0) is 24.0. The number of halogens is 1. The maximum Gasteiger partial charge on any atom is 0.265 e. The molecule has 8 nitrogen and oxygen atoms in total. The maximum absolute atomic E-state index is 12.9. The van der Waals surface area contributed by atoms with E-state index >= 15 is 0 Å². The number of benzene rings is 3. The molecule has 3 N–H and O–H groups in total. The van der Waals surface area contributed by atoms with Gasteiger partial charge in [0.25, 0.3) is 15.9 Å². The van der Waals surface area contributed by atoms with Gasteiger partial charge in [-0.2, -0.15) is 0 Å². The average molecular weight is 488 g/mol. The number of carbonyl (C=O) groups is 2. The normalized spacial score (nSPS) is 10.9. The molecule has 0 heterocycles. The van der Waals surface area contributed by atoms with Crippen molar-refractivity contribution in [3.63, 3.8) is 0 Å². The van der Waals surface area contributed by atoms with Gasteiger partial charge in [0.15, 0.2) is 0 Å². The molecule has 0 saturated carbocycles. The van der Waals surface area contributed by atoms with Crippen molar-refractivity contribution in [1.82, 2.24) is 5.32 Å². The van der Waals surface area contributed by atoms with Crippen LogP contribution in [-0.2, 0) is 14.8 Å². The molecule has 3 aromatic carbocycles. The van der Waals surface area contributed by atoms with Crippen molar-refractivity contribution in [2.45, 2.75) is 11.8 Å². The number of sulfonamides is 1. The Morgan fingerprint density at radius 3 is 2.33 bits per heavy atom. The van der Waals surface area contributed by atoms with Crippen molar-refractivity contribution in [2.24, 2.45) is 0 Å². The van der Waals surface area contributed by atoms with Crippen molar-refractivity contribution in [3.8, 4) is 5.75 Å². The lowest BCUT2D eigenvalue weighted by molar-refractivity contribution is -0.115. The van der Waals surface area contributed by atoms with E-state index in [-0.39, 0.29) is 28.8 Å². The standard InChI is InChI=1S/C23H22ClN3O5S/c1-15-4-3-5-16(12-15)23(29)25-14-22(28)26-19-10-11-20(32-2)21(13-19)33(30,31)27-18-8-6-17(24)7-9-18/h3-13,27H,14H2,1-2H3,(H,25,29)(H,26,28). The number of amides is 2. The van der Waals surface area contributed by atoms with Crippen LogP contribution in [0, 0.1) is 6.92 Å². The van der Waals surface area contributed by atoms with Crippen molar-refractivity contribution in [2.75, 3.05) is 23.7 Å². The summed E-state index contributed by atoms with van der Waals surface area (Å²) in [4.78, 5) is 24.4. The van der Waals surface area contributed by atoms with Gasteiger partial charge >= 0.3 is 0 Å². The molecule has 3 aromatic rings. The Morgan fingerprint density at radius 2 is 1.67 bits per heavy atom. The third kappa shape index (κ3) is 6.47. The van der Waals surface area contributed by atoms with E-state index in [1.807, 2.05) is 13.0 Å². The molecule has 0 saturated heterocycles. The molecule has 0 atom stereocenters. The van der Waals surface area contributed by atoms with Crippen LogP contribution in [0.5, 0.6) is 5.75 Å². The third-order valence-electron chi connectivity index (χ3n) is 4.52. The van der Waals surface area contributed by atoms with Crippen LogP contribution in [0.25, 0.3) is 0 Å². The topological polar surface area (TPSA) is 114 Å². The lowest BCUT2D eigenvalue weighted by Crippen LogP contribution is -2.32. The van der Waals surface area contributed by atoms with E-state index in [1.54, 1.807) is 30.3 Å². The second-order valence-electron chi connectivity index (χ2n) is 7.08. The molecule has 0 unspecified atom stereocenters. The van der Waals surface area contributed by atoms with Gasteiger partial charge in [0, 0.05) is 22.0 Å². The monoisotopic (exact) mass is 487 g/mol. The molecule has 0 spiro atoms. The first kappa shape index (κ1) is 24.1. The Bertz CT molecular complexity index is 1280. The number of hydrogen-bond acceptors (Lipinski definition) is 5. The quantitative estimate of drug-likeness (QED) is 0.447. The van der Waals surface area contributed by atoms with Crippen LogP contribution in [0.1, 0.15) is 15.9 Å². The van der Waals surface area contributed by atoms with Crippen molar-refractivity contribution >= 4 is 44.8 Å². The van der Waals surface area contributed by atoms with Crippen LogP contribution in [0.2, 0.25) is 5.02 Å². The van der Waals surface area contributed by atoms with E-state index in [9.17, 15) is 18.0 Å². The molecule has 0 aliphatic carbocycles. The molecule has 0 fully saturated rings. The maximum atomic E-state index is 12.9. The van der Waals surface area contributed by atoms with E-state index in [0.717, 1.165) is 5.56 Å². The predicted molar refractivity (Wildman–Crippen MR) is 127 cm³/mol. The lowest BCUT2D eigenvalue weighted by Gasteiger charge is -2.14. The summed E-state index contributed by atoms with van der Waals surface area (Å²) in [5.74, 6) is -0.809. The van der Waals surface area contributed by atoms with Gasteiger partial charge in [0.1, 0.15) is 10.6 Å². The second-order valence-corrected chi connectivity index (χ2v) is 9.17. The number of anilines is 2. The molecule has 10 heteroatoms. The summed E-state index contributed by atoms with van der Waals surface area (Å²) in [5.41, 5.74) is 1.90. The predicted octanol–water partition coefficient (Wildman–Crippen LogP) is 3.83. The van der Waals surface area contributed by atoms with Crippen LogP contribution in [0.15, 0.2) is 71.6 Å². The fourth-order valence-corrected chi connectivity index (χ4v) is 4.33. The van der Waals surface area contributed by atoms with Crippen molar-refractivity contribution in [1.29, 1.82) is 0 Å². The first-order valence-corrected chi connectivity index (χ1v) is 11.7. The molecular formula is C23H22ClN3O5S. The molecule has 3 rings (SSSR count). The van der Waals surface area contributed by atoms with Gasteiger partial charge in [-0.05, 0) is 61.5 Å². The molecule has 0 aromatic heterocycles. The summed E-state index contributed by atoms with van der Waals surface area (Å²) in [6, 6.07) is 17.3. The van der Waals surface area contributed by atoms with Gasteiger partial charge in [0.05, 0.1) is 13.7 Å². The highest BCUT2D eigenvalue weighted by Crippen LogP contribution is 2.29. The van der Waals surface area contributed by atoms with E-state index in [1.165, 1.54) is 37.4 Å². The minimum Gasteiger partial charge on any atom is -0.495 e. The number of carbonyl (C=O) groups excluding carboxylic acids is 2. The smallest absolute Gasteiger partial charge is 0.265 e. The fourth-order valence-electron chi connectivity index (χ4n) is 2.95. The van der Waals surface area contributed by atoms with Crippen LogP contribution in [-0.4, -0.2) is 33.9 Å². The second kappa shape index (κ2) is 10.4. The minimum atomic E-state index is -4.03. The highest BCUT2D eigenvalue weighted by atomic mass is 35.5. The molecule has 0 bridgehead atoms. The van der Waals surface area contributed by atoms with E-state index < -0.39 is 15.9 Å². The Labute approximate surface area is 197 Å². The Kier molecular flexibility index (Phi) is 7.57. The summed E-state index contributed by atoms with van der Waals surface area (Å²) in [6.07, 6.45) is 0. The SMILES string of the molecule is COc1ccc(NC(=O)CNC(=O)c2cccc(C)c2)cc1S(=O)(=O)Nc1ccc(Cl)cc1. The first-order chi connectivity index (χ1) is 15.7. The van der Waals surface area contributed by atoms with Crippen molar-refractivity contribution < 1.29 is 22.7 Å². The number of hydrogen-bond donors (Lipinski definition) is 3. The molecule has 172 valence electrons. The Hall–Kier alpha value is -3.56. The summed E-state index contributed by atoms with van der Waals surface area (Å²) in [7, 11) is -2.69. The molecule has 2 amide bonds. The van der Waals surface area contributed by atoms with Crippen LogP contribution in [0.3, 0.4) is 0 Å². The van der Waals surface area contributed by atoms with Gasteiger partial charge in [-0.25, -0.2) is 8.42 Å². The van der Waals surface area contributed by atoms with E-state index in [2.05, 4.69) is 15.4 Å². The van der Waals surface area contributed by atoms with Gasteiger partial charge < -0.3 is 15.4 Å². The third-order valence-corrected chi connectivity index (χ3v) is 6.18. The van der Waals surface area contributed by atoms with Crippen LogP contribution >= 0.6 is 11.6 Å². The number of methoxy groups -OCH3 is 1. The molecular weight excluding hydrogens is 466 g/mol. The van der Waals surface area contributed by atoms with E-state index in [0.29, 0.717) is 16.3 Å². The first-order valence-electron chi connectivity index (χ1n) is 9.79. The fraction of sp³-hybridized carbons (Fsp3) is 0.130. The van der Waals surface area contributed by atoms with Gasteiger partial charge in [0.2, 0.25) is 5.91 Å². The summed E-state index contributed by atoms with van der Waals surface area (Å²) < 4.78 is 33.4. The highest BCUT2D eigenvalue weighted by molar-refractivity contribution is 7.92. The molecule has 0 aliphatic rings. The van der Waals surface area contributed by atoms with E-state index in [4.69, 9.17) is 16.3 Å². The lowest BCUT2D eigenvalue weighted by atomic mass is 10.1. The summed E-state index contributed by atoms with van der Waals surface area (Å²) in [5, 5.41) is 5.58. The van der Waals surface area contributed by atoms with Crippen molar-refractivity contribution in [3.05, 3.63) is 82.9 Å². The largest absolute Gasteiger partial charge is 0.495 e. The average Bonchev–Trinajstić information content (AvgIpc) is 2.79. The molecule has 0 aliphatic heterocycles. The number of aryl methyl sites for hydroxylation is 1. The van der Waals surface area contributed by atoms with Crippen LogP contribution in [0.4, 0.5) is 11.4 Å². The van der Waals surface area contributed by atoms with Gasteiger partial charge in [-0.15, -0.1) is 0 Å². The molecule has 33 heavy (non-hydrogen) atoms. The summed E-state index contributed by atoms with van der Waals surface area (Å²) in [6.45, 7) is 1.57. The van der Waals surface area contributed by atoms with Gasteiger partial charge in [-0.3, -0.25) is 14.3 Å². The zero-order valence-corrected chi connectivity index (χ0v) is 19.5. The number of rotatable bonds is 8. The Morgan fingerprint density at radius 1 is 0.970 bits per heavy atom. The summed E-state index contributed by atoms with van der Waals surface area (Å²) >= 11 is 5.84. The minimum absolute atomic E-state index is 0.0993. The number of ether oxygens (including phenoxy) is 1. The van der Waals surface area contributed by atoms with Gasteiger partial charge in [-0.1, -0.05) is 29.3 Å². The Balaban J connectivity index is 1.71. The number of nitrogens with one attached hydrogen (secondary N) is 3. The molecule has 0 radical (unpaired) electrons. The highest BCUT2D eigenvalue weighted by Gasteiger charge is 2.21. The zero-order valence-electron chi connectivity index (χ0n) is 17.9.